The van der Waals surface area contributed by atoms with Crippen LogP contribution >= 0.6 is 21.8 Å². The maximum atomic E-state index is 15.7. The zero-order chi connectivity index (χ0) is 26.1. The number of likely N-dealkylation sites (N-methyl/N-ethyl adjacent to an activating group) is 1. The summed E-state index contributed by atoms with van der Waals surface area (Å²) in [5.41, 5.74) is 3.79. The van der Waals surface area contributed by atoms with E-state index in [1.54, 1.807) is 6.08 Å². The number of aromatic nitrogens is 2. The third-order valence-electron chi connectivity index (χ3n) is 5.33. The lowest BCUT2D eigenvalue weighted by molar-refractivity contribution is -0.115. The molecule has 3 aromatic rings. The summed E-state index contributed by atoms with van der Waals surface area (Å²) in [6, 6.07) is 3.14. The Morgan fingerprint density at radius 2 is 1.97 bits per heavy atom. The standard InChI is InChI=1S/C23H21F4N5O2S2/c1-3-4-5-12(22(33)29-2)13-10-30-21(19(27)20(13)28)17-14(25)6-7-15(18(17)26)32-34-23-16(36(32)35)8-11(24)9-31-23/h5-10,35-36H,3-4H2,1-2H3,(H2,28,30)(H,29,33)/b12-5+. The average molecular weight is 540 g/mol. The Hall–Kier alpha value is -3.45. The van der Waals surface area contributed by atoms with E-state index >= 15 is 8.78 Å². The van der Waals surface area contributed by atoms with Gasteiger partial charge in [0.15, 0.2) is 11.6 Å². The molecule has 1 aromatic carbocycles. The lowest BCUT2D eigenvalue weighted by atomic mass is 10.0. The second-order valence-corrected chi connectivity index (χ2v) is 10.2. The molecule has 0 aliphatic carbocycles. The summed E-state index contributed by atoms with van der Waals surface area (Å²) in [4.78, 5) is 25.9. The van der Waals surface area contributed by atoms with Crippen molar-refractivity contribution >= 4 is 44.6 Å². The summed E-state index contributed by atoms with van der Waals surface area (Å²) in [5.74, 6) is -4.63. The van der Waals surface area contributed by atoms with E-state index in [0.717, 1.165) is 41.5 Å². The van der Waals surface area contributed by atoms with Crippen LogP contribution in [0.25, 0.3) is 16.8 Å². The minimum absolute atomic E-state index is 0.00803. The molecule has 0 fully saturated rings. The van der Waals surface area contributed by atoms with Gasteiger partial charge in [0.1, 0.15) is 23.0 Å². The smallest absolute Gasteiger partial charge is 0.261 e. The van der Waals surface area contributed by atoms with Crippen LogP contribution in [0.3, 0.4) is 0 Å². The third-order valence-corrected chi connectivity index (χ3v) is 7.86. The zero-order valence-corrected chi connectivity index (χ0v) is 20.8. The quantitative estimate of drug-likeness (QED) is 0.150. The average Bonchev–Trinajstić information content (AvgIpc) is 3.18. The van der Waals surface area contributed by atoms with Gasteiger partial charge in [-0.3, -0.25) is 9.78 Å². The number of halogens is 4. The van der Waals surface area contributed by atoms with Gasteiger partial charge in [0.05, 0.1) is 22.3 Å². The number of carbonyl (C=O) groups excluding carboxylic acids is 1. The molecule has 0 bridgehead atoms. The van der Waals surface area contributed by atoms with Crippen LogP contribution in [-0.2, 0) is 4.79 Å². The first-order valence-electron chi connectivity index (χ1n) is 10.7. The molecule has 36 heavy (non-hydrogen) atoms. The first-order chi connectivity index (χ1) is 17.2. The number of rotatable bonds is 6. The number of thiol groups is 2. The Labute approximate surface area is 211 Å². The number of hydrogen-bond acceptors (Lipinski definition) is 7. The van der Waals surface area contributed by atoms with Gasteiger partial charge in [-0.1, -0.05) is 29.5 Å². The molecule has 13 heteroatoms. The molecule has 0 spiro atoms. The van der Waals surface area contributed by atoms with Crippen molar-refractivity contribution in [1.82, 2.24) is 15.3 Å². The van der Waals surface area contributed by atoms with Gasteiger partial charge >= 0.3 is 0 Å². The molecule has 3 heterocycles. The highest BCUT2D eigenvalue weighted by Gasteiger charge is 2.34. The van der Waals surface area contributed by atoms with Crippen molar-refractivity contribution in [1.29, 1.82) is 0 Å². The summed E-state index contributed by atoms with van der Waals surface area (Å²) < 4.78 is 60.6. The number of pyridine rings is 2. The minimum atomic E-state index is -1.74. The molecule has 1 amide bonds. The highest BCUT2D eigenvalue weighted by atomic mass is 33.1. The number of unbranched alkanes of at least 4 members (excludes halogenated alkanes) is 1. The van der Waals surface area contributed by atoms with Crippen molar-refractivity contribution in [2.24, 2.45) is 0 Å². The molecule has 1 aliphatic heterocycles. The molecule has 0 saturated carbocycles. The summed E-state index contributed by atoms with van der Waals surface area (Å²) in [6.45, 7) is 1.90. The predicted molar refractivity (Wildman–Crippen MR) is 134 cm³/mol. The topological polar surface area (TPSA) is 93.4 Å². The van der Waals surface area contributed by atoms with Crippen LogP contribution in [0, 0.1) is 23.3 Å². The van der Waals surface area contributed by atoms with Gasteiger partial charge in [0.25, 0.3) is 11.8 Å². The first-order valence-corrected chi connectivity index (χ1v) is 13.1. The molecule has 7 nitrogen and oxygen atoms in total. The molecule has 1 unspecified atom stereocenters. The van der Waals surface area contributed by atoms with Gasteiger partial charge in [0, 0.05) is 24.4 Å². The summed E-state index contributed by atoms with van der Waals surface area (Å²) in [6.07, 6.45) is 4.84. The number of nitrogen functional groups attached to an aromatic ring is 1. The fourth-order valence-electron chi connectivity index (χ4n) is 3.54. The Morgan fingerprint density at radius 3 is 2.67 bits per heavy atom. The molecule has 2 aromatic heterocycles. The largest absolute Gasteiger partial charge is 0.396 e. The van der Waals surface area contributed by atoms with Crippen LogP contribution in [0.1, 0.15) is 25.3 Å². The molecule has 1 aliphatic rings. The highest BCUT2D eigenvalue weighted by molar-refractivity contribution is 8.78. The van der Waals surface area contributed by atoms with E-state index in [1.165, 1.54) is 7.05 Å². The number of allylic oxidation sites excluding steroid dienone is 1. The van der Waals surface area contributed by atoms with Crippen LogP contribution in [0.15, 0.2) is 41.6 Å². The summed E-state index contributed by atoms with van der Waals surface area (Å²) in [7, 11) is -0.329. The van der Waals surface area contributed by atoms with Gasteiger partial charge in [0.2, 0.25) is 0 Å². The van der Waals surface area contributed by atoms with Crippen molar-refractivity contribution in [2.45, 2.75) is 24.7 Å². The van der Waals surface area contributed by atoms with Crippen LogP contribution < -0.4 is 20.4 Å². The molecular formula is C23H21F4N5O2S2. The molecule has 4 rings (SSSR count). The van der Waals surface area contributed by atoms with E-state index in [1.807, 2.05) is 6.92 Å². The maximum absolute atomic E-state index is 15.7. The highest BCUT2D eigenvalue weighted by Crippen LogP contribution is 2.56. The van der Waals surface area contributed by atoms with Gasteiger partial charge in [-0.25, -0.2) is 22.5 Å². The molecule has 3 N–H and O–H groups in total. The Kier molecular flexibility index (Phi) is 7.31. The van der Waals surface area contributed by atoms with Crippen LogP contribution in [0.2, 0.25) is 0 Å². The molecule has 0 saturated heterocycles. The maximum Gasteiger partial charge on any atom is 0.261 e. The number of amides is 1. The number of hydrogen-bond donors (Lipinski definition) is 4. The van der Waals surface area contributed by atoms with Crippen molar-refractivity contribution in [3.05, 3.63) is 65.5 Å². The third kappa shape index (κ3) is 4.44. The lowest BCUT2D eigenvalue weighted by Crippen LogP contribution is -2.20. The van der Waals surface area contributed by atoms with Crippen molar-refractivity contribution in [2.75, 3.05) is 17.2 Å². The van der Waals surface area contributed by atoms with Gasteiger partial charge in [-0.15, -0.1) is 11.7 Å². The number of anilines is 2. The Morgan fingerprint density at radius 1 is 1.22 bits per heavy atom. The monoisotopic (exact) mass is 539 g/mol. The summed E-state index contributed by atoms with van der Waals surface area (Å²) >= 11 is 4.39. The van der Waals surface area contributed by atoms with E-state index in [0.29, 0.717) is 6.42 Å². The van der Waals surface area contributed by atoms with E-state index in [9.17, 15) is 13.6 Å². The Bertz CT molecular complexity index is 1390. The number of benzene rings is 1. The van der Waals surface area contributed by atoms with Crippen molar-refractivity contribution in [3.63, 3.8) is 0 Å². The zero-order valence-electron chi connectivity index (χ0n) is 19.0. The van der Waals surface area contributed by atoms with E-state index in [2.05, 4.69) is 26.9 Å². The van der Waals surface area contributed by atoms with E-state index < -0.39 is 56.2 Å². The second kappa shape index (κ2) is 10.3. The van der Waals surface area contributed by atoms with E-state index in [-0.39, 0.29) is 27.6 Å². The molecule has 0 radical (unpaired) electrons. The number of fused-ring (bicyclic) bond motifs is 1. The number of nitrogens with zero attached hydrogens (tertiary/aromatic N) is 3. The van der Waals surface area contributed by atoms with Crippen molar-refractivity contribution in [3.8, 4) is 17.1 Å². The first kappa shape index (κ1) is 25.6. The van der Waals surface area contributed by atoms with Gasteiger partial charge in [-0.05, 0) is 24.6 Å². The predicted octanol–water partition coefficient (Wildman–Crippen LogP) is 5.15. The molecule has 190 valence electrons. The second-order valence-electron chi connectivity index (χ2n) is 7.62. The van der Waals surface area contributed by atoms with Gasteiger partial charge in [-0.2, -0.15) is 4.47 Å². The van der Waals surface area contributed by atoms with Crippen LogP contribution in [0.5, 0.6) is 5.88 Å². The lowest BCUT2D eigenvalue weighted by Gasteiger charge is -2.24. The number of nitrogens with one attached hydrogen (secondary N) is 1. The fraction of sp³-hybridized carbons (Fsp3) is 0.174. The molecule has 1 atom stereocenters. The summed E-state index contributed by atoms with van der Waals surface area (Å²) in [5, 5.41) is 2.45. The van der Waals surface area contributed by atoms with Gasteiger partial charge < -0.3 is 15.9 Å². The number of nitrogens with two attached hydrogens (primary N) is 1. The van der Waals surface area contributed by atoms with Crippen LogP contribution in [-0.4, -0.2) is 22.9 Å². The number of carbonyl (C=O) groups is 1. The SMILES string of the molecule is CCC/C=C(/C(=O)NC)c1cnc(-c2c(F)ccc(N3Oc4ncc(F)cc4[SH]3S)c2F)c(F)c1N. The van der Waals surface area contributed by atoms with Crippen LogP contribution in [0.4, 0.5) is 28.9 Å². The molecular weight excluding hydrogens is 518 g/mol. The minimum Gasteiger partial charge on any atom is -0.396 e. The Balaban J connectivity index is 1.80. The normalized spacial score (nSPS) is 16.0. The van der Waals surface area contributed by atoms with E-state index in [4.69, 9.17) is 10.6 Å². The fourth-order valence-corrected chi connectivity index (χ4v) is 5.59. The van der Waals surface area contributed by atoms with Crippen molar-refractivity contribution < 1.29 is 27.2 Å².